The van der Waals surface area contributed by atoms with Crippen LogP contribution in [0.4, 0.5) is 5.69 Å². The Balaban J connectivity index is 1.60. The first-order valence-corrected chi connectivity index (χ1v) is 12.4. The van der Waals surface area contributed by atoms with E-state index in [2.05, 4.69) is 10.3 Å². The highest BCUT2D eigenvalue weighted by molar-refractivity contribution is 7.09. The fraction of sp³-hybridized carbons (Fsp3) is 0.214. The van der Waals surface area contributed by atoms with E-state index in [1.54, 1.807) is 18.3 Å². The number of ether oxygens (including phenoxy) is 1. The van der Waals surface area contributed by atoms with Gasteiger partial charge in [-0.15, -0.1) is 11.3 Å². The summed E-state index contributed by atoms with van der Waals surface area (Å²) in [6.45, 7) is 7.80. The van der Waals surface area contributed by atoms with E-state index < -0.39 is 28.5 Å². The van der Waals surface area contributed by atoms with Crippen molar-refractivity contribution in [3.63, 3.8) is 0 Å². The Morgan fingerprint density at radius 2 is 1.86 bits per heavy atom. The van der Waals surface area contributed by atoms with Gasteiger partial charge in [-0.05, 0) is 46.8 Å². The van der Waals surface area contributed by atoms with Crippen LogP contribution >= 0.6 is 11.3 Å². The number of nitrogens with zero attached hydrogens (tertiary/aromatic N) is 1. The third kappa shape index (κ3) is 3.57. The van der Waals surface area contributed by atoms with Gasteiger partial charge >= 0.3 is 0 Å². The number of carbonyl (C=O) groups excluding carboxylic acids is 3. The molecule has 37 heavy (non-hydrogen) atoms. The van der Waals surface area contributed by atoms with E-state index in [0.29, 0.717) is 11.4 Å². The number of fused-ring (bicyclic) bond motifs is 3. The van der Waals surface area contributed by atoms with Crippen LogP contribution in [0, 0.1) is 13.8 Å². The van der Waals surface area contributed by atoms with Crippen molar-refractivity contribution >= 4 is 34.4 Å². The summed E-state index contributed by atoms with van der Waals surface area (Å²) in [4.78, 5) is 43.9. The molecule has 0 saturated heterocycles. The smallest absolute Gasteiger partial charge is 0.194 e. The minimum absolute atomic E-state index is 0.00208. The number of Topliss-reactive ketones (excluding diaryl/α,β-unsaturated/α-hetero) is 2. The van der Waals surface area contributed by atoms with Crippen LogP contribution in [0.2, 0.25) is 0 Å². The van der Waals surface area contributed by atoms with Gasteiger partial charge in [0.25, 0.3) is 0 Å². The number of hydrogen-bond acceptors (Lipinski definition) is 9. The maximum Gasteiger partial charge on any atom is 0.194 e. The molecule has 2 aromatic carbocycles. The van der Waals surface area contributed by atoms with Crippen LogP contribution in [0.3, 0.4) is 0 Å². The number of allylic oxidation sites excluding steroid dienone is 4. The second-order valence-corrected chi connectivity index (χ2v) is 10.4. The first kappa shape index (κ1) is 24.5. The molecule has 0 spiro atoms. The van der Waals surface area contributed by atoms with Crippen LogP contribution in [0.5, 0.6) is 17.2 Å². The average Bonchev–Trinajstić information content (AvgIpc) is 3.39. The molecule has 2 aliphatic rings. The SMILES string of the molecule is CC(=O)c1c(O)c(C)c(O)c2c1OC1=CC(=O)C(=C(C)Nc3cccc(-c4csc(C)n4)c3)C(=O)[C@@]12C. The predicted octanol–water partition coefficient (Wildman–Crippen LogP) is 5.11. The molecule has 0 unspecified atom stereocenters. The lowest BCUT2D eigenvalue weighted by molar-refractivity contribution is -0.123. The summed E-state index contributed by atoms with van der Waals surface area (Å²) in [6.07, 6.45) is 1.20. The van der Waals surface area contributed by atoms with Gasteiger partial charge in [0, 0.05) is 34.0 Å². The zero-order chi connectivity index (χ0) is 26.8. The summed E-state index contributed by atoms with van der Waals surface area (Å²) >= 11 is 1.55. The molecule has 1 aromatic heterocycles. The molecule has 3 N–H and O–H groups in total. The summed E-state index contributed by atoms with van der Waals surface area (Å²) < 4.78 is 5.81. The number of aromatic hydroxyl groups is 2. The molecule has 1 aliphatic heterocycles. The number of benzene rings is 2. The van der Waals surface area contributed by atoms with Crippen LogP contribution in [0.1, 0.15) is 47.3 Å². The molecular formula is C28H24N2O6S. The Bertz CT molecular complexity index is 1610. The molecule has 9 heteroatoms. The fourth-order valence-electron chi connectivity index (χ4n) is 4.89. The van der Waals surface area contributed by atoms with Gasteiger partial charge in [-0.3, -0.25) is 14.4 Å². The lowest BCUT2D eigenvalue weighted by Gasteiger charge is -2.29. The van der Waals surface area contributed by atoms with Gasteiger partial charge in [-0.2, -0.15) is 0 Å². The summed E-state index contributed by atoms with van der Waals surface area (Å²) in [7, 11) is 0. The molecule has 188 valence electrons. The molecule has 0 bridgehead atoms. The summed E-state index contributed by atoms with van der Waals surface area (Å²) in [5.74, 6) is -2.54. The predicted molar refractivity (Wildman–Crippen MR) is 139 cm³/mol. The number of thiazole rings is 1. The highest BCUT2D eigenvalue weighted by Crippen LogP contribution is 2.57. The number of phenolic OH excluding ortho intramolecular Hbond substituents is 2. The van der Waals surface area contributed by atoms with Crippen LogP contribution in [0.25, 0.3) is 11.3 Å². The number of carbonyl (C=O) groups is 3. The number of rotatable bonds is 4. The van der Waals surface area contributed by atoms with E-state index in [1.165, 1.54) is 26.8 Å². The topological polar surface area (TPSA) is 126 Å². The first-order chi connectivity index (χ1) is 17.4. The number of aryl methyl sites for hydroxylation is 1. The average molecular weight is 517 g/mol. The minimum atomic E-state index is -1.56. The highest BCUT2D eigenvalue weighted by Gasteiger charge is 2.56. The van der Waals surface area contributed by atoms with Crippen molar-refractivity contribution in [2.75, 3.05) is 5.32 Å². The molecule has 1 aliphatic carbocycles. The standard InChI is InChI=1S/C28H24N2O6S/c1-12-24(33)22(14(3)31)26-23(25(12)34)28(5)20(36-26)10-19(32)21(27(28)35)13(2)29-17-8-6-7-16(9-17)18-11-37-15(4)30-18/h6-11,29,33-34H,1-5H3/t28-/m0/s1. The Labute approximate surface area is 216 Å². The Hall–Kier alpha value is -4.24. The van der Waals surface area contributed by atoms with Crippen molar-refractivity contribution in [3.8, 4) is 28.5 Å². The quantitative estimate of drug-likeness (QED) is 0.248. The number of ketones is 3. The number of phenols is 2. The summed E-state index contributed by atoms with van der Waals surface area (Å²) in [5, 5.41) is 27.5. The van der Waals surface area contributed by atoms with E-state index in [4.69, 9.17) is 4.74 Å². The number of hydrogen-bond donors (Lipinski definition) is 3. The zero-order valence-electron chi connectivity index (χ0n) is 20.8. The van der Waals surface area contributed by atoms with E-state index in [9.17, 15) is 24.6 Å². The Morgan fingerprint density at radius 3 is 2.51 bits per heavy atom. The van der Waals surface area contributed by atoms with Gasteiger partial charge in [0.1, 0.15) is 34.0 Å². The minimum Gasteiger partial charge on any atom is -0.507 e. The van der Waals surface area contributed by atoms with Crippen molar-refractivity contribution in [3.05, 3.63) is 74.4 Å². The molecule has 8 nitrogen and oxygen atoms in total. The van der Waals surface area contributed by atoms with Crippen LogP contribution in [-0.2, 0) is 15.0 Å². The van der Waals surface area contributed by atoms with Gasteiger partial charge in [0.15, 0.2) is 17.3 Å². The van der Waals surface area contributed by atoms with Crippen LogP contribution in [-0.4, -0.2) is 32.5 Å². The van der Waals surface area contributed by atoms with E-state index in [1.807, 2.05) is 36.6 Å². The lowest BCUT2D eigenvalue weighted by atomic mass is 9.70. The van der Waals surface area contributed by atoms with Crippen molar-refractivity contribution in [1.82, 2.24) is 4.98 Å². The normalized spacial score (nSPS) is 19.6. The highest BCUT2D eigenvalue weighted by atomic mass is 32.1. The first-order valence-electron chi connectivity index (χ1n) is 11.5. The van der Waals surface area contributed by atoms with Crippen LogP contribution < -0.4 is 10.1 Å². The maximum atomic E-state index is 13.9. The molecule has 0 saturated carbocycles. The molecule has 2 heterocycles. The maximum absolute atomic E-state index is 13.9. The van der Waals surface area contributed by atoms with E-state index >= 15 is 0 Å². The van der Waals surface area contributed by atoms with Crippen molar-refractivity contribution < 1.29 is 29.3 Å². The zero-order valence-corrected chi connectivity index (χ0v) is 21.7. The van der Waals surface area contributed by atoms with Gasteiger partial charge in [0.2, 0.25) is 0 Å². The fourth-order valence-corrected chi connectivity index (χ4v) is 5.52. The summed E-state index contributed by atoms with van der Waals surface area (Å²) in [5.41, 5.74) is 1.02. The molecule has 3 aromatic rings. The third-order valence-electron chi connectivity index (χ3n) is 6.87. The van der Waals surface area contributed by atoms with Gasteiger partial charge in [-0.25, -0.2) is 4.98 Å². The molecule has 5 rings (SSSR count). The van der Waals surface area contributed by atoms with Gasteiger partial charge in [0.05, 0.1) is 21.8 Å². The Morgan fingerprint density at radius 1 is 1.14 bits per heavy atom. The monoisotopic (exact) mass is 516 g/mol. The van der Waals surface area contributed by atoms with E-state index in [0.717, 1.165) is 16.3 Å². The molecule has 0 fully saturated rings. The molecule has 1 atom stereocenters. The van der Waals surface area contributed by atoms with E-state index in [-0.39, 0.29) is 39.5 Å². The summed E-state index contributed by atoms with van der Waals surface area (Å²) in [6, 6.07) is 7.48. The van der Waals surface area contributed by atoms with Gasteiger partial charge in [-0.1, -0.05) is 12.1 Å². The van der Waals surface area contributed by atoms with Crippen molar-refractivity contribution in [2.45, 2.75) is 40.0 Å². The largest absolute Gasteiger partial charge is 0.507 e. The third-order valence-corrected chi connectivity index (χ3v) is 7.64. The lowest BCUT2D eigenvalue weighted by Crippen LogP contribution is -2.40. The van der Waals surface area contributed by atoms with Crippen molar-refractivity contribution in [2.24, 2.45) is 0 Å². The molecule has 0 amide bonds. The Kier molecular flexibility index (Phi) is 5.56. The van der Waals surface area contributed by atoms with Gasteiger partial charge < -0.3 is 20.3 Å². The second-order valence-electron chi connectivity index (χ2n) is 9.34. The molecule has 0 radical (unpaired) electrons. The number of anilines is 1. The van der Waals surface area contributed by atoms with Crippen molar-refractivity contribution in [1.29, 1.82) is 0 Å². The number of nitrogens with one attached hydrogen (secondary N) is 1. The van der Waals surface area contributed by atoms with Crippen LogP contribution in [0.15, 0.2) is 52.8 Å². The number of aromatic nitrogens is 1. The molecular weight excluding hydrogens is 492 g/mol. The second kappa shape index (κ2) is 8.41.